The second kappa shape index (κ2) is 5.21. The lowest BCUT2D eigenvalue weighted by molar-refractivity contribution is -0.121. The van der Waals surface area contributed by atoms with E-state index in [0.29, 0.717) is 11.8 Å². The van der Waals surface area contributed by atoms with Crippen molar-refractivity contribution in [1.29, 1.82) is 0 Å². The Balaban J connectivity index is 1.88. The highest BCUT2D eigenvalue weighted by Gasteiger charge is 2.21. The van der Waals surface area contributed by atoms with E-state index in [4.69, 9.17) is 0 Å². The zero-order chi connectivity index (χ0) is 11.4. The first-order valence-electron chi connectivity index (χ1n) is 5.86. The van der Waals surface area contributed by atoms with E-state index < -0.39 is 0 Å². The number of Topliss-reactive ketones (excluding diaryl/α,β-unsaturated/α-hetero) is 1. The van der Waals surface area contributed by atoms with E-state index in [1.54, 1.807) is 0 Å². The summed E-state index contributed by atoms with van der Waals surface area (Å²) in [6.07, 6.45) is 7.19. The average Bonchev–Trinajstić information content (AvgIpc) is 2.31. The van der Waals surface area contributed by atoms with Gasteiger partial charge < -0.3 is 0 Å². The van der Waals surface area contributed by atoms with E-state index >= 15 is 0 Å². The molecule has 3 nitrogen and oxygen atoms in total. The number of hydrogen-bond donors (Lipinski definition) is 0. The minimum Gasteiger partial charge on any atom is -0.300 e. The number of carbonyl (C=O) groups is 1. The summed E-state index contributed by atoms with van der Waals surface area (Å²) in [7, 11) is 2.14. The van der Waals surface area contributed by atoms with Crippen molar-refractivity contribution < 1.29 is 4.79 Å². The van der Waals surface area contributed by atoms with Crippen molar-refractivity contribution in [1.82, 2.24) is 9.88 Å². The molecule has 1 aliphatic carbocycles. The van der Waals surface area contributed by atoms with Crippen LogP contribution in [0.25, 0.3) is 0 Å². The molecular formula is C13H18N2O. The maximum absolute atomic E-state index is 11.2. The summed E-state index contributed by atoms with van der Waals surface area (Å²) < 4.78 is 0. The molecule has 0 bridgehead atoms. The molecule has 0 aliphatic heterocycles. The first kappa shape index (κ1) is 11.3. The fraction of sp³-hybridized carbons (Fsp3) is 0.538. The molecule has 1 aromatic rings. The van der Waals surface area contributed by atoms with Gasteiger partial charge >= 0.3 is 0 Å². The Labute approximate surface area is 96.5 Å². The molecule has 0 atom stereocenters. The first-order chi connectivity index (χ1) is 7.75. The van der Waals surface area contributed by atoms with E-state index in [0.717, 1.165) is 32.2 Å². The fourth-order valence-corrected chi connectivity index (χ4v) is 2.27. The smallest absolute Gasteiger partial charge is 0.133 e. The van der Waals surface area contributed by atoms with Crippen molar-refractivity contribution in [3.63, 3.8) is 0 Å². The van der Waals surface area contributed by atoms with Gasteiger partial charge in [-0.05, 0) is 37.6 Å². The van der Waals surface area contributed by atoms with Crippen molar-refractivity contribution in [2.45, 2.75) is 38.3 Å². The normalized spacial score (nSPS) is 18.0. The predicted molar refractivity (Wildman–Crippen MR) is 63.0 cm³/mol. The summed E-state index contributed by atoms with van der Waals surface area (Å²) in [6.45, 7) is 0.946. The Morgan fingerprint density at radius 1 is 1.31 bits per heavy atom. The summed E-state index contributed by atoms with van der Waals surface area (Å²) in [5.41, 5.74) is 1.29. The van der Waals surface area contributed by atoms with Gasteiger partial charge in [-0.2, -0.15) is 0 Å². The maximum Gasteiger partial charge on any atom is 0.133 e. The molecule has 3 heteroatoms. The van der Waals surface area contributed by atoms with Gasteiger partial charge in [0, 0.05) is 37.8 Å². The molecule has 0 amide bonds. The number of pyridine rings is 1. The van der Waals surface area contributed by atoms with Crippen LogP contribution < -0.4 is 0 Å². The minimum atomic E-state index is 0.425. The monoisotopic (exact) mass is 218 g/mol. The Morgan fingerprint density at radius 2 is 1.94 bits per heavy atom. The van der Waals surface area contributed by atoms with E-state index in [-0.39, 0.29) is 0 Å². The molecule has 0 spiro atoms. The van der Waals surface area contributed by atoms with Crippen molar-refractivity contribution in [3.05, 3.63) is 30.1 Å². The van der Waals surface area contributed by atoms with Crippen molar-refractivity contribution >= 4 is 5.78 Å². The van der Waals surface area contributed by atoms with Crippen molar-refractivity contribution in [2.24, 2.45) is 0 Å². The quantitative estimate of drug-likeness (QED) is 0.778. The van der Waals surface area contributed by atoms with Gasteiger partial charge in [-0.1, -0.05) is 0 Å². The van der Waals surface area contributed by atoms with Crippen LogP contribution in [0.15, 0.2) is 24.5 Å². The Morgan fingerprint density at radius 3 is 2.56 bits per heavy atom. The van der Waals surface area contributed by atoms with Gasteiger partial charge in [0.1, 0.15) is 5.78 Å². The third kappa shape index (κ3) is 2.89. The Hall–Kier alpha value is -1.22. The Bertz CT molecular complexity index is 340. The molecule has 1 aliphatic rings. The molecule has 2 rings (SSSR count). The van der Waals surface area contributed by atoms with Gasteiger partial charge in [0.15, 0.2) is 0 Å². The number of ketones is 1. The number of nitrogens with zero attached hydrogens (tertiary/aromatic N) is 2. The third-order valence-electron chi connectivity index (χ3n) is 3.32. The van der Waals surface area contributed by atoms with E-state index in [9.17, 15) is 4.79 Å². The maximum atomic E-state index is 11.2. The summed E-state index contributed by atoms with van der Waals surface area (Å²) in [6, 6.07) is 4.65. The lowest BCUT2D eigenvalue weighted by atomic mass is 9.93. The highest BCUT2D eigenvalue weighted by atomic mass is 16.1. The predicted octanol–water partition coefficient (Wildman–Crippen LogP) is 2.03. The van der Waals surface area contributed by atoms with Crippen LogP contribution in [-0.2, 0) is 11.3 Å². The lowest BCUT2D eigenvalue weighted by Crippen LogP contribution is -2.34. The number of hydrogen-bond acceptors (Lipinski definition) is 3. The van der Waals surface area contributed by atoms with Crippen LogP contribution >= 0.6 is 0 Å². The minimum absolute atomic E-state index is 0.425. The van der Waals surface area contributed by atoms with Gasteiger partial charge in [-0.3, -0.25) is 14.7 Å². The zero-order valence-corrected chi connectivity index (χ0v) is 9.72. The molecule has 86 valence electrons. The second-order valence-corrected chi connectivity index (χ2v) is 4.54. The highest BCUT2D eigenvalue weighted by Crippen LogP contribution is 2.20. The Kier molecular flexibility index (Phi) is 3.67. The molecule has 0 unspecified atom stereocenters. The van der Waals surface area contributed by atoms with E-state index in [1.165, 1.54) is 5.56 Å². The van der Waals surface area contributed by atoms with Gasteiger partial charge in [0.2, 0.25) is 0 Å². The summed E-state index contributed by atoms with van der Waals surface area (Å²) in [5, 5.41) is 0. The van der Waals surface area contributed by atoms with Crippen LogP contribution in [0.5, 0.6) is 0 Å². The topological polar surface area (TPSA) is 33.2 Å². The summed E-state index contributed by atoms with van der Waals surface area (Å²) >= 11 is 0. The summed E-state index contributed by atoms with van der Waals surface area (Å²) in [5.74, 6) is 0.425. The second-order valence-electron chi connectivity index (χ2n) is 4.54. The SMILES string of the molecule is CN(Cc1ccncc1)C1CCC(=O)CC1. The number of aromatic nitrogens is 1. The molecule has 1 fully saturated rings. The first-order valence-corrected chi connectivity index (χ1v) is 5.86. The van der Waals surface area contributed by atoms with E-state index in [2.05, 4.69) is 16.9 Å². The lowest BCUT2D eigenvalue weighted by Gasteiger charge is -2.30. The van der Waals surface area contributed by atoms with E-state index in [1.807, 2.05) is 24.5 Å². The van der Waals surface area contributed by atoms with Crippen LogP contribution in [0, 0.1) is 0 Å². The van der Waals surface area contributed by atoms with Gasteiger partial charge in [0.05, 0.1) is 0 Å². The molecule has 0 radical (unpaired) electrons. The van der Waals surface area contributed by atoms with Crippen LogP contribution in [-0.4, -0.2) is 28.8 Å². The standard InChI is InChI=1S/C13H18N2O/c1-15(10-11-6-8-14-9-7-11)12-2-4-13(16)5-3-12/h6-9,12H,2-5,10H2,1H3. The molecule has 0 aromatic carbocycles. The summed E-state index contributed by atoms with van der Waals surface area (Å²) in [4.78, 5) is 17.5. The fourth-order valence-electron chi connectivity index (χ4n) is 2.27. The van der Waals surface area contributed by atoms with Crippen LogP contribution in [0.1, 0.15) is 31.2 Å². The van der Waals surface area contributed by atoms with Gasteiger partial charge in [-0.15, -0.1) is 0 Å². The largest absolute Gasteiger partial charge is 0.300 e. The van der Waals surface area contributed by atoms with Gasteiger partial charge in [-0.25, -0.2) is 0 Å². The third-order valence-corrected chi connectivity index (χ3v) is 3.32. The molecule has 1 saturated carbocycles. The molecule has 0 saturated heterocycles. The molecule has 0 N–H and O–H groups in total. The van der Waals surface area contributed by atoms with Crippen LogP contribution in [0.3, 0.4) is 0 Å². The highest BCUT2D eigenvalue weighted by molar-refractivity contribution is 5.79. The number of carbonyl (C=O) groups excluding carboxylic acids is 1. The molecule has 16 heavy (non-hydrogen) atoms. The van der Waals surface area contributed by atoms with Crippen molar-refractivity contribution in [3.8, 4) is 0 Å². The van der Waals surface area contributed by atoms with Gasteiger partial charge in [0.25, 0.3) is 0 Å². The van der Waals surface area contributed by atoms with Crippen LogP contribution in [0.4, 0.5) is 0 Å². The number of rotatable bonds is 3. The molecular weight excluding hydrogens is 200 g/mol. The zero-order valence-electron chi connectivity index (χ0n) is 9.72. The van der Waals surface area contributed by atoms with Crippen LogP contribution in [0.2, 0.25) is 0 Å². The van der Waals surface area contributed by atoms with Crippen molar-refractivity contribution in [2.75, 3.05) is 7.05 Å². The average molecular weight is 218 g/mol. The molecule has 1 heterocycles. The molecule has 1 aromatic heterocycles.